The number of aryl methyl sites for hydroxylation is 1. The summed E-state index contributed by atoms with van der Waals surface area (Å²) in [7, 11) is 0. The second-order valence-electron chi connectivity index (χ2n) is 4.97. The molecule has 0 spiro atoms. The molecular formula is C17H19ClIN. The summed E-state index contributed by atoms with van der Waals surface area (Å²) in [6.45, 7) is 5.20. The smallest absolute Gasteiger partial charge is 0.0410 e. The molecule has 0 bridgehead atoms. The van der Waals surface area contributed by atoms with Crippen molar-refractivity contribution in [3.8, 4) is 0 Å². The zero-order chi connectivity index (χ0) is 14.5. The van der Waals surface area contributed by atoms with Gasteiger partial charge in [0.25, 0.3) is 0 Å². The van der Waals surface area contributed by atoms with E-state index in [1.807, 2.05) is 6.07 Å². The second kappa shape index (κ2) is 7.43. The van der Waals surface area contributed by atoms with Crippen LogP contribution in [0.4, 0.5) is 0 Å². The maximum absolute atomic E-state index is 6.15. The van der Waals surface area contributed by atoms with Crippen molar-refractivity contribution >= 4 is 34.2 Å². The molecule has 1 nitrogen and oxygen atoms in total. The Morgan fingerprint density at radius 3 is 2.50 bits per heavy atom. The number of benzene rings is 2. The first-order chi connectivity index (χ1) is 9.60. The van der Waals surface area contributed by atoms with Crippen LogP contribution in [0.25, 0.3) is 0 Å². The number of nitrogens with one attached hydrogen (secondary N) is 1. The van der Waals surface area contributed by atoms with Crippen molar-refractivity contribution in [1.82, 2.24) is 5.32 Å². The summed E-state index contributed by atoms with van der Waals surface area (Å²) in [4.78, 5) is 0. The van der Waals surface area contributed by atoms with E-state index in [2.05, 4.69) is 78.2 Å². The first-order valence-corrected chi connectivity index (χ1v) is 8.29. The molecule has 3 heteroatoms. The van der Waals surface area contributed by atoms with Crippen LogP contribution in [-0.4, -0.2) is 6.54 Å². The molecule has 0 heterocycles. The fourth-order valence-electron chi connectivity index (χ4n) is 2.28. The van der Waals surface area contributed by atoms with Gasteiger partial charge in [-0.25, -0.2) is 0 Å². The first kappa shape index (κ1) is 15.8. The summed E-state index contributed by atoms with van der Waals surface area (Å²) in [6, 6.07) is 15.1. The number of hydrogen-bond acceptors (Lipinski definition) is 1. The third kappa shape index (κ3) is 4.21. The van der Waals surface area contributed by atoms with Gasteiger partial charge in [0, 0.05) is 14.6 Å². The number of hydrogen-bond donors (Lipinski definition) is 1. The molecule has 1 unspecified atom stereocenters. The zero-order valence-electron chi connectivity index (χ0n) is 11.8. The van der Waals surface area contributed by atoms with Crippen molar-refractivity contribution in [1.29, 1.82) is 0 Å². The predicted molar refractivity (Wildman–Crippen MR) is 95.5 cm³/mol. The average molecular weight is 400 g/mol. The summed E-state index contributed by atoms with van der Waals surface area (Å²) in [6.07, 6.45) is 0.977. The van der Waals surface area contributed by atoms with Crippen LogP contribution in [0, 0.1) is 10.5 Å². The maximum Gasteiger partial charge on any atom is 0.0410 e. The van der Waals surface area contributed by atoms with Gasteiger partial charge in [0.1, 0.15) is 0 Å². The Bertz CT molecular complexity index is 566. The lowest BCUT2D eigenvalue weighted by Crippen LogP contribution is -2.23. The lowest BCUT2D eigenvalue weighted by molar-refractivity contribution is 0.547. The van der Waals surface area contributed by atoms with Crippen LogP contribution in [0.15, 0.2) is 42.5 Å². The third-order valence-corrected chi connectivity index (χ3v) is 4.56. The third-order valence-electron chi connectivity index (χ3n) is 3.34. The molecular weight excluding hydrogens is 381 g/mol. The van der Waals surface area contributed by atoms with Gasteiger partial charge in [0.2, 0.25) is 0 Å². The number of rotatable bonds is 5. The van der Waals surface area contributed by atoms with Crippen LogP contribution in [-0.2, 0) is 6.42 Å². The lowest BCUT2D eigenvalue weighted by atomic mass is 9.98. The molecule has 2 aromatic rings. The molecule has 106 valence electrons. The maximum atomic E-state index is 6.15. The van der Waals surface area contributed by atoms with Gasteiger partial charge in [-0.1, -0.05) is 48.4 Å². The van der Waals surface area contributed by atoms with Crippen LogP contribution in [0.3, 0.4) is 0 Å². The van der Waals surface area contributed by atoms with Crippen molar-refractivity contribution in [2.24, 2.45) is 0 Å². The Balaban J connectivity index is 2.26. The van der Waals surface area contributed by atoms with Crippen molar-refractivity contribution in [2.45, 2.75) is 26.3 Å². The highest BCUT2D eigenvalue weighted by molar-refractivity contribution is 14.1. The second-order valence-corrected chi connectivity index (χ2v) is 6.56. The Morgan fingerprint density at radius 1 is 1.15 bits per heavy atom. The predicted octanol–water partition coefficient (Wildman–Crippen LogP) is 5.15. The molecule has 0 aliphatic heterocycles. The van der Waals surface area contributed by atoms with Crippen LogP contribution < -0.4 is 5.32 Å². The Hall–Kier alpha value is -0.580. The van der Waals surface area contributed by atoms with Crippen LogP contribution >= 0.6 is 34.2 Å². The molecule has 0 amide bonds. The van der Waals surface area contributed by atoms with Gasteiger partial charge in [0.05, 0.1) is 0 Å². The van der Waals surface area contributed by atoms with E-state index in [1.165, 1.54) is 20.3 Å². The van der Waals surface area contributed by atoms with Gasteiger partial charge in [-0.05, 0) is 71.8 Å². The first-order valence-electron chi connectivity index (χ1n) is 6.84. The quantitative estimate of drug-likeness (QED) is 0.686. The van der Waals surface area contributed by atoms with E-state index in [1.54, 1.807) is 0 Å². The summed E-state index contributed by atoms with van der Waals surface area (Å²) in [5.41, 5.74) is 3.92. The largest absolute Gasteiger partial charge is 0.310 e. The van der Waals surface area contributed by atoms with Crippen molar-refractivity contribution in [2.75, 3.05) is 6.54 Å². The average Bonchev–Trinajstić information content (AvgIpc) is 2.43. The monoisotopic (exact) mass is 399 g/mol. The molecule has 0 aliphatic carbocycles. The summed E-state index contributed by atoms with van der Waals surface area (Å²) in [5.74, 6) is 0. The van der Waals surface area contributed by atoms with E-state index >= 15 is 0 Å². The molecule has 1 N–H and O–H groups in total. The topological polar surface area (TPSA) is 12.0 Å². The van der Waals surface area contributed by atoms with Crippen molar-refractivity contribution < 1.29 is 0 Å². The SMILES string of the molecule is CCNC(Cc1ccc(C)cc1)c1cc(Cl)ccc1I. The normalized spacial score (nSPS) is 12.4. The molecule has 0 aliphatic rings. The summed E-state index contributed by atoms with van der Waals surface area (Å²) >= 11 is 8.54. The van der Waals surface area contributed by atoms with E-state index in [4.69, 9.17) is 11.6 Å². The summed E-state index contributed by atoms with van der Waals surface area (Å²) < 4.78 is 1.25. The van der Waals surface area contributed by atoms with Gasteiger partial charge in [-0.2, -0.15) is 0 Å². The molecule has 0 saturated heterocycles. The summed E-state index contributed by atoms with van der Waals surface area (Å²) in [5, 5.41) is 4.36. The zero-order valence-corrected chi connectivity index (χ0v) is 14.7. The minimum atomic E-state index is 0.299. The fourth-order valence-corrected chi connectivity index (χ4v) is 3.17. The number of likely N-dealkylation sites (N-methyl/N-ethyl adjacent to an activating group) is 1. The number of halogens is 2. The molecule has 0 aromatic heterocycles. The van der Waals surface area contributed by atoms with Crippen LogP contribution in [0.5, 0.6) is 0 Å². The molecule has 2 rings (SSSR count). The molecule has 1 atom stereocenters. The van der Waals surface area contributed by atoms with Crippen LogP contribution in [0.2, 0.25) is 5.02 Å². The molecule has 0 saturated carbocycles. The minimum absolute atomic E-state index is 0.299. The van der Waals surface area contributed by atoms with Gasteiger partial charge < -0.3 is 5.32 Å². The van der Waals surface area contributed by atoms with Crippen molar-refractivity contribution in [3.05, 3.63) is 67.7 Å². The van der Waals surface area contributed by atoms with Gasteiger partial charge in [-0.15, -0.1) is 0 Å². The van der Waals surface area contributed by atoms with Gasteiger partial charge in [0.15, 0.2) is 0 Å². The molecule has 2 aromatic carbocycles. The molecule has 0 fully saturated rings. The molecule has 20 heavy (non-hydrogen) atoms. The van der Waals surface area contributed by atoms with E-state index in [-0.39, 0.29) is 0 Å². The Morgan fingerprint density at radius 2 is 1.85 bits per heavy atom. The van der Waals surface area contributed by atoms with E-state index in [0.29, 0.717) is 6.04 Å². The minimum Gasteiger partial charge on any atom is -0.310 e. The fraction of sp³-hybridized carbons (Fsp3) is 0.294. The lowest BCUT2D eigenvalue weighted by Gasteiger charge is -2.20. The Kier molecular flexibility index (Phi) is 5.87. The van der Waals surface area contributed by atoms with Gasteiger partial charge >= 0.3 is 0 Å². The standard InChI is InChI=1S/C17H19ClIN/c1-3-20-17(10-13-6-4-12(2)5-7-13)15-11-14(18)8-9-16(15)19/h4-9,11,17,20H,3,10H2,1-2H3. The van der Waals surface area contributed by atoms with Gasteiger partial charge in [-0.3, -0.25) is 0 Å². The van der Waals surface area contributed by atoms with Crippen LogP contribution in [0.1, 0.15) is 29.7 Å². The van der Waals surface area contributed by atoms with E-state index in [9.17, 15) is 0 Å². The van der Waals surface area contributed by atoms with Crippen molar-refractivity contribution in [3.63, 3.8) is 0 Å². The highest BCUT2D eigenvalue weighted by atomic mass is 127. The highest BCUT2D eigenvalue weighted by Gasteiger charge is 2.14. The van der Waals surface area contributed by atoms with E-state index in [0.717, 1.165) is 18.0 Å². The Labute approximate surface area is 139 Å². The van der Waals surface area contributed by atoms with E-state index < -0.39 is 0 Å². The highest BCUT2D eigenvalue weighted by Crippen LogP contribution is 2.26. The molecule has 0 radical (unpaired) electrons.